The molecule has 3 heteroatoms. The maximum absolute atomic E-state index is 5.34. The molecule has 13 heavy (non-hydrogen) atoms. The van der Waals surface area contributed by atoms with Crippen LogP contribution in [0.3, 0.4) is 0 Å². The molecular weight excluding hydrogens is 162 g/mol. The average molecular weight is 187 g/mol. The molecule has 0 amide bonds. The third kappa shape index (κ3) is 11.9. The van der Waals surface area contributed by atoms with Crippen molar-refractivity contribution in [1.82, 2.24) is 10.6 Å². The summed E-state index contributed by atoms with van der Waals surface area (Å²) < 4.78 is 0. The Bertz CT molecular complexity index is 94.2. The molecule has 0 saturated carbocycles. The Morgan fingerprint density at radius 1 is 1.00 bits per heavy atom. The van der Waals surface area contributed by atoms with Gasteiger partial charge >= 0.3 is 0 Å². The molecule has 0 aromatic heterocycles. The van der Waals surface area contributed by atoms with Crippen molar-refractivity contribution in [1.29, 1.82) is 0 Å². The van der Waals surface area contributed by atoms with Crippen molar-refractivity contribution in [3.05, 3.63) is 0 Å². The maximum Gasteiger partial charge on any atom is 0.00772 e. The molecule has 0 fully saturated rings. The Morgan fingerprint density at radius 3 is 2.15 bits per heavy atom. The second kappa shape index (κ2) is 9.96. The van der Waals surface area contributed by atoms with Crippen LogP contribution in [0.2, 0.25) is 0 Å². The molecule has 3 nitrogen and oxygen atoms in total. The summed E-state index contributed by atoms with van der Waals surface area (Å²) in [4.78, 5) is 0. The lowest BCUT2D eigenvalue weighted by atomic mass is 10.1. The van der Waals surface area contributed by atoms with Crippen LogP contribution in [-0.2, 0) is 0 Å². The fraction of sp³-hybridized carbons (Fsp3) is 1.00. The van der Waals surface area contributed by atoms with E-state index in [0.717, 1.165) is 38.6 Å². The molecule has 0 spiro atoms. The zero-order chi connectivity index (χ0) is 9.94. The molecule has 0 bridgehead atoms. The highest BCUT2D eigenvalue weighted by Crippen LogP contribution is 2.01. The molecule has 0 heterocycles. The lowest BCUT2D eigenvalue weighted by molar-refractivity contribution is 0.522. The van der Waals surface area contributed by atoms with E-state index in [0.29, 0.717) is 0 Å². The van der Waals surface area contributed by atoms with Crippen molar-refractivity contribution in [2.24, 2.45) is 11.7 Å². The van der Waals surface area contributed by atoms with Gasteiger partial charge in [-0.3, -0.25) is 0 Å². The van der Waals surface area contributed by atoms with E-state index in [9.17, 15) is 0 Å². The summed E-state index contributed by atoms with van der Waals surface area (Å²) in [7, 11) is 0. The molecule has 0 aromatic rings. The fourth-order valence-electron chi connectivity index (χ4n) is 1.16. The Morgan fingerprint density at radius 2 is 1.62 bits per heavy atom. The first kappa shape index (κ1) is 12.9. The summed E-state index contributed by atoms with van der Waals surface area (Å²) in [5.74, 6) is 0.831. The molecule has 0 unspecified atom stereocenters. The second-order valence-corrected chi connectivity index (χ2v) is 3.82. The molecule has 0 radical (unpaired) electrons. The van der Waals surface area contributed by atoms with Gasteiger partial charge in [0.25, 0.3) is 0 Å². The van der Waals surface area contributed by atoms with Gasteiger partial charge in [-0.1, -0.05) is 13.8 Å². The van der Waals surface area contributed by atoms with Crippen LogP contribution in [0.25, 0.3) is 0 Å². The van der Waals surface area contributed by atoms with Crippen LogP contribution in [-0.4, -0.2) is 32.7 Å². The van der Waals surface area contributed by atoms with Crippen molar-refractivity contribution in [2.45, 2.75) is 26.7 Å². The van der Waals surface area contributed by atoms with Gasteiger partial charge in [-0.15, -0.1) is 0 Å². The quantitative estimate of drug-likeness (QED) is 0.462. The molecule has 0 aliphatic heterocycles. The lowest BCUT2D eigenvalue weighted by Crippen LogP contribution is -2.31. The van der Waals surface area contributed by atoms with E-state index in [1.165, 1.54) is 12.8 Å². The van der Waals surface area contributed by atoms with Crippen molar-refractivity contribution < 1.29 is 0 Å². The van der Waals surface area contributed by atoms with Gasteiger partial charge in [0.2, 0.25) is 0 Å². The minimum Gasteiger partial charge on any atom is -0.329 e. The van der Waals surface area contributed by atoms with Gasteiger partial charge in [-0.05, 0) is 25.3 Å². The van der Waals surface area contributed by atoms with E-state index in [2.05, 4.69) is 24.5 Å². The van der Waals surface area contributed by atoms with Crippen molar-refractivity contribution >= 4 is 0 Å². The largest absolute Gasteiger partial charge is 0.329 e. The minimum absolute atomic E-state index is 0.730. The van der Waals surface area contributed by atoms with Gasteiger partial charge in [-0.2, -0.15) is 0 Å². The SMILES string of the molecule is CC(C)CCCNCCNCCN. The first-order valence-corrected chi connectivity index (χ1v) is 5.39. The molecule has 0 aliphatic rings. The zero-order valence-electron chi connectivity index (χ0n) is 9.10. The number of nitrogens with two attached hydrogens (primary N) is 1. The van der Waals surface area contributed by atoms with Crippen molar-refractivity contribution in [3.8, 4) is 0 Å². The normalized spacial score (nSPS) is 11.1. The average Bonchev–Trinajstić information content (AvgIpc) is 2.09. The van der Waals surface area contributed by atoms with Gasteiger partial charge in [0.15, 0.2) is 0 Å². The Hall–Kier alpha value is -0.120. The van der Waals surface area contributed by atoms with Crippen LogP contribution in [0.1, 0.15) is 26.7 Å². The van der Waals surface area contributed by atoms with Crippen LogP contribution < -0.4 is 16.4 Å². The summed E-state index contributed by atoms with van der Waals surface area (Å²) in [5.41, 5.74) is 5.34. The molecule has 0 atom stereocenters. The van der Waals surface area contributed by atoms with Gasteiger partial charge in [0.05, 0.1) is 0 Å². The molecule has 0 saturated heterocycles. The molecule has 0 aliphatic carbocycles. The summed E-state index contributed by atoms with van der Waals surface area (Å²) >= 11 is 0. The van der Waals surface area contributed by atoms with E-state index in [1.54, 1.807) is 0 Å². The van der Waals surface area contributed by atoms with Crippen LogP contribution >= 0.6 is 0 Å². The van der Waals surface area contributed by atoms with Crippen LogP contribution in [0.5, 0.6) is 0 Å². The van der Waals surface area contributed by atoms with E-state index in [-0.39, 0.29) is 0 Å². The number of hydrogen-bond acceptors (Lipinski definition) is 3. The highest BCUT2D eigenvalue weighted by molar-refractivity contribution is 4.53. The standard InChI is InChI=1S/C10H25N3/c1-10(2)4-3-6-12-8-9-13-7-5-11/h10,12-13H,3-9,11H2,1-2H3. The molecule has 0 aromatic carbocycles. The predicted molar refractivity (Wildman–Crippen MR) is 58.9 cm³/mol. The van der Waals surface area contributed by atoms with Crippen molar-refractivity contribution in [3.63, 3.8) is 0 Å². The van der Waals surface area contributed by atoms with Gasteiger partial charge in [0.1, 0.15) is 0 Å². The fourth-order valence-corrected chi connectivity index (χ4v) is 1.16. The third-order valence-electron chi connectivity index (χ3n) is 1.93. The Labute approximate surface area is 82.5 Å². The van der Waals surface area contributed by atoms with Gasteiger partial charge in [-0.25, -0.2) is 0 Å². The maximum atomic E-state index is 5.34. The smallest absolute Gasteiger partial charge is 0.00772 e. The third-order valence-corrected chi connectivity index (χ3v) is 1.93. The second-order valence-electron chi connectivity index (χ2n) is 3.82. The highest BCUT2D eigenvalue weighted by Gasteiger charge is 1.92. The number of nitrogens with one attached hydrogen (secondary N) is 2. The van der Waals surface area contributed by atoms with Gasteiger partial charge < -0.3 is 16.4 Å². The van der Waals surface area contributed by atoms with Gasteiger partial charge in [0, 0.05) is 26.2 Å². The molecule has 4 N–H and O–H groups in total. The zero-order valence-corrected chi connectivity index (χ0v) is 9.10. The summed E-state index contributed by atoms with van der Waals surface area (Å²) in [5, 5.41) is 6.64. The van der Waals surface area contributed by atoms with Crippen LogP contribution in [0, 0.1) is 5.92 Å². The summed E-state index contributed by atoms with van der Waals surface area (Å²) in [6, 6.07) is 0. The first-order valence-electron chi connectivity index (χ1n) is 5.39. The summed E-state index contributed by atoms with van der Waals surface area (Å²) in [6.45, 7) is 9.41. The predicted octanol–water partition coefficient (Wildman–Crippen LogP) is 0.561. The molecular formula is C10H25N3. The van der Waals surface area contributed by atoms with E-state index < -0.39 is 0 Å². The first-order chi connectivity index (χ1) is 6.27. The summed E-state index contributed by atoms with van der Waals surface area (Å²) in [6.07, 6.45) is 2.61. The van der Waals surface area contributed by atoms with Crippen LogP contribution in [0.4, 0.5) is 0 Å². The topological polar surface area (TPSA) is 50.1 Å². The van der Waals surface area contributed by atoms with E-state index in [4.69, 9.17) is 5.73 Å². The number of hydrogen-bond donors (Lipinski definition) is 3. The lowest BCUT2D eigenvalue weighted by Gasteiger charge is -2.06. The Kier molecular flexibility index (Phi) is 9.87. The monoisotopic (exact) mass is 187 g/mol. The van der Waals surface area contributed by atoms with E-state index >= 15 is 0 Å². The number of rotatable bonds is 9. The van der Waals surface area contributed by atoms with Crippen molar-refractivity contribution in [2.75, 3.05) is 32.7 Å². The molecule has 80 valence electrons. The highest BCUT2D eigenvalue weighted by atomic mass is 14.9. The Balaban J connectivity index is 2.84. The van der Waals surface area contributed by atoms with Crippen LogP contribution in [0.15, 0.2) is 0 Å². The van der Waals surface area contributed by atoms with E-state index in [1.807, 2.05) is 0 Å². The minimum atomic E-state index is 0.730. The molecule has 0 rings (SSSR count).